The zero-order valence-electron chi connectivity index (χ0n) is 14.3. The lowest BCUT2D eigenvalue weighted by Crippen LogP contribution is -2.40. The van der Waals surface area contributed by atoms with Crippen LogP contribution >= 0.6 is 11.3 Å². The van der Waals surface area contributed by atoms with Crippen molar-refractivity contribution in [3.63, 3.8) is 0 Å². The second kappa shape index (κ2) is 11.9. The fraction of sp³-hybridized carbons (Fsp3) is 0.625. The molecule has 1 amide bonds. The third kappa shape index (κ3) is 9.20. The summed E-state index contributed by atoms with van der Waals surface area (Å²) >= 11 is 1.75. The molecule has 0 fully saturated rings. The third-order valence-electron chi connectivity index (χ3n) is 3.08. The van der Waals surface area contributed by atoms with E-state index >= 15 is 0 Å². The molecule has 23 heavy (non-hydrogen) atoms. The Morgan fingerprint density at radius 2 is 2.13 bits per heavy atom. The molecule has 0 aliphatic rings. The molecule has 1 heterocycles. The van der Waals surface area contributed by atoms with Gasteiger partial charge in [-0.1, -0.05) is 6.07 Å². The summed E-state index contributed by atoms with van der Waals surface area (Å²) in [6.45, 7) is 5.14. The van der Waals surface area contributed by atoms with Crippen molar-refractivity contribution in [3.8, 4) is 0 Å². The second-order valence-corrected chi connectivity index (χ2v) is 6.22. The third-order valence-corrected chi connectivity index (χ3v) is 4.01. The van der Waals surface area contributed by atoms with Crippen molar-refractivity contribution in [2.24, 2.45) is 4.99 Å². The largest absolute Gasteiger partial charge is 0.382 e. The molecule has 0 saturated carbocycles. The maximum atomic E-state index is 11.7. The summed E-state index contributed by atoms with van der Waals surface area (Å²) in [6, 6.07) is 4.17. The number of hydrogen-bond acceptors (Lipinski definition) is 4. The Hall–Kier alpha value is -1.60. The van der Waals surface area contributed by atoms with Crippen LogP contribution in [0.1, 0.15) is 18.2 Å². The van der Waals surface area contributed by atoms with Crippen LogP contribution in [0.4, 0.5) is 0 Å². The molecule has 0 aliphatic carbocycles. The molecule has 7 heteroatoms. The van der Waals surface area contributed by atoms with Crippen molar-refractivity contribution in [3.05, 3.63) is 22.4 Å². The molecule has 0 unspecified atom stereocenters. The van der Waals surface area contributed by atoms with Crippen LogP contribution in [0.2, 0.25) is 0 Å². The van der Waals surface area contributed by atoms with Crippen LogP contribution in [-0.4, -0.2) is 63.7 Å². The Morgan fingerprint density at radius 3 is 2.78 bits per heavy atom. The van der Waals surface area contributed by atoms with E-state index in [2.05, 4.69) is 33.1 Å². The normalized spacial score (nSPS) is 11.3. The van der Waals surface area contributed by atoms with Gasteiger partial charge in [0.05, 0.1) is 0 Å². The number of aliphatic imine (C=N–C) groups is 1. The van der Waals surface area contributed by atoms with Crippen molar-refractivity contribution in [1.82, 2.24) is 15.5 Å². The number of ether oxygens (including phenoxy) is 1. The van der Waals surface area contributed by atoms with Gasteiger partial charge in [0, 0.05) is 45.3 Å². The Kier molecular flexibility index (Phi) is 10.1. The average molecular weight is 340 g/mol. The number of likely N-dealkylation sites (N-methyl/N-ethyl adjacent to an activating group) is 1. The van der Waals surface area contributed by atoms with Gasteiger partial charge in [0.25, 0.3) is 0 Å². The molecule has 0 saturated heterocycles. The van der Waals surface area contributed by atoms with Crippen molar-refractivity contribution in [2.45, 2.75) is 19.8 Å². The first-order valence-corrected chi connectivity index (χ1v) is 8.84. The van der Waals surface area contributed by atoms with Gasteiger partial charge in [0.15, 0.2) is 5.96 Å². The number of amides is 1. The highest BCUT2D eigenvalue weighted by molar-refractivity contribution is 7.09. The van der Waals surface area contributed by atoms with Gasteiger partial charge in [-0.05, 0) is 31.2 Å². The number of carbonyl (C=O) groups excluding carboxylic acids is 1. The standard InChI is InChI=1S/C16H28N4O2S/c1-4-22-11-6-9-17-16(19-13-15(21)20(2)3)18-10-8-14-7-5-12-23-14/h5,7,12H,4,6,8-11,13H2,1-3H3,(H2,17,18,19). The van der Waals surface area contributed by atoms with Crippen LogP contribution in [0.3, 0.4) is 0 Å². The number of nitrogens with zero attached hydrogens (tertiary/aromatic N) is 2. The molecule has 1 rings (SSSR count). The molecule has 0 aliphatic heterocycles. The van der Waals surface area contributed by atoms with Gasteiger partial charge in [-0.3, -0.25) is 4.79 Å². The van der Waals surface area contributed by atoms with Crippen molar-refractivity contribution >= 4 is 23.2 Å². The topological polar surface area (TPSA) is 66.0 Å². The van der Waals surface area contributed by atoms with E-state index in [1.807, 2.05) is 6.92 Å². The molecule has 0 aromatic carbocycles. The van der Waals surface area contributed by atoms with Crippen LogP contribution in [-0.2, 0) is 16.0 Å². The van der Waals surface area contributed by atoms with Gasteiger partial charge in [-0.25, -0.2) is 4.99 Å². The van der Waals surface area contributed by atoms with E-state index in [1.165, 1.54) is 4.88 Å². The van der Waals surface area contributed by atoms with Crippen LogP contribution in [0.5, 0.6) is 0 Å². The van der Waals surface area contributed by atoms with Crippen molar-refractivity contribution in [2.75, 3.05) is 46.9 Å². The number of nitrogens with one attached hydrogen (secondary N) is 2. The monoisotopic (exact) mass is 340 g/mol. The lowest BCUT2D eigenvalue weighted by Gasteiger charge is -2.13. The predicted molar refractivity (Wildman–Crippen MR) is 96.1 cm³/mol. The van der Waals surface area contributed by atoms with Gasteiger partial charge >= 0.3 is 0 Å². The van der Waals surface area contributed by atoms with Crippen LogP contribution in [0.15, 0.2) is 22.5 Å². The maximum absolute atomic E-state index is 11.7. The Morgan fingerprint density at radius 1 is 1.35 bits per heavy atom. The van der Waals surface area contributed by atoms with E-state index in [-0.39, 0.29) is 12.5 Å². The molecule has 2 N–H and O–H groups in total. The van der Waals surface area contributed by atoms with Gasteiger partial charge < -0.3 is 20.3 Å². The van der Waals surface area contributed by atoms with Crippen LogP contribution in [0, 0.1) is 0 Å². The van der Waals surface area contributed by atoms with Gasteiger partial charge in [0.2, 0.25) is 5.91 Å². The first kappa shape index (κ1) is 19.4. The van der Waals surface area contributed by atoms with Crippen molar-refractivity contribution < 1.29 is 9.53 Å². The molecule has 6 nitrogen and oxygen atoms in total. The molecule has 0 spiro atoms. The Labute approximate surface area is 142 Å². The van der Waals surface area contributed by atoms with Crippen LogP contribution < -0.4 is 10.6 Å². The lowest BCUT2D eigenvalue weighted by molar-refractivity contribution is -0.127. The average Bonchev–Trinajstić information content (AvgIpc) is 3.04. The first-order chi connectivity index (χ1) is 11.1. The highest BCUT2D eigenvalue weighted by Crippen LogP contribution is 2.07. The molecule has 1 aromatic rings. The van der Waals surface area contributed by atoms with Crippen molar-refractivity contribution in [1.29, 1.82) is 0 Å². The number of rotatable bonds is 10. The molecule has 130 valence electrons. The molecule has 0 radical (unpaired) electrons. The zero-order valence-corrected chi connectivity index (χ0v) is 15.1. The van der Waals surface area contributed by atoms with E-state index in [1.54, 1.807) is 30.3 Å². The smallest absolute Gasteiger partial charge is 0.243 e. The summed E-state index contributed by atoms with van der Waals surface area (Å²) < 4.78 is 5.32. The number of carbonyl (C=O) groups is 1. The van der Waals surface area contributed by atoms with Gasteiger partial charge in [0.1, 0.15) is 6.54 Å². The highest BCUT2D eigenvalue weighted by Gasteiger charge is 2.04. The molecular weight excluding hydrogens is 312 g/mol. The number of thiophene rings is 1. The second-order valence-electron chi connectivity index (χ2n) is 5.19. The quantitative estimate of drug-likeness (QED) is 0.383. The molecule has 0 bridgehead atoms. The first-order valence-electron chi connectivity index (χ1n) is 7.96. The van der Waals surface area contributed by atoms with E-state index in [9.17, 15) is 4.79 Å². The maximum Gasteiger partial charge on any atom is 0.243 e. The molecule has 0 atom stereocenters. The summed E-state index contributed by atoms with van der Waals surface area (Å²) in [5.74, 6) is 0.659. The zero-order chi connectivity index (χ0) is 16.9. The fourth-order valence-electron chi connectivity index (χ4n) is 1.75. The van der Waals surface area contributed by atoms with Gasteiger partial charge in [-0.15, -0.1) is 11.3 Å². The van der Waals surface area contributed by atoms with E-state index < -0.39 is 0 Å². The summed E-state index contributed by atoms with van der Waals surface area (Å²) in [6.07, 6.45) is 1.85. The SMILES string of the molecule is CCOCCCNC(=NCC(=O)N(C)C)NCCc1cccs1. The molecule has 1 aromatic heterocycles. The summed E-state index contributed by atoms with van der Waals surface area (Å²) in [7, 11) is 3.47. The number of hydrogen-bond donors (Lipinski definition) is 2. The Bertz CT molecular complexity index is 461. The lowest BCUT2D eigenvalue weighted by atomic mass is 10.3. The number of guanidine groups is 1. The predicted octanol–water partition coefficient (Wildman–Crippen LogP) is 1.34. The van der Waals surface area contributed by atoms with E-state index in [4.69, 9.17) is 4.74 Å². The van der Waals surface area contributed by atoms with E-state index in [0.717, 1.165) is 39.1 Å². The molecular formula is C16H28N4O2S. The Balaban J connectivity index is 2.39. The highest BCUT2D eigenvalue weighted by atomic mass is 32.1. The fourth-order valence-corrected chi connectivity index (χ4v) is 2.46. The minimum Gasteiger partial charge on any atom is -0.382 e. The minimum atomic E-state index is -0.0151. The minimum absolute atomic E-state index is 0.0151. The van der Waals surface area contributed by atoms with Crippen LogP contribution in [0.25, 0.3) is 0 Å². The van der Waals surface area contributed by atoms with Gasteiger partial charge in [-0.2, -0.15) is 0 Å². The van der Waals surface area contributed by atoms with E-state index in [0.29, 0.717) is 5.96 Å². The summed E-state index contributed by atoms with van der Waals surface area (Å²) in [5, 5.41) is 8.60. The summed E-state index contributed by atoms with van der Waals surface area (Å²) in [4.78, 5) is 18.9. The summed E-state index contributed by atoms with van der Waals surface area (Å²) in [5.41, 5.74) is 0.